The Balaban J connectivity index is 0.00000272. The van der Waals surface area contributed by atoms with Crippen LogP contribution < -0.4 is 34.6 Å². The van der Waals surface area contributed by atoms with Gasteiger partial charge in [0.15, 0.2) is 0 Å². The third-order valence-corrected chi connectivity index (χ3v) is 6.88. The van der Waals surface area contributed by atoms with E-state index in [0.717, 1.165) is 52.1 Å². The van der Waals surface area contributed by atoms with Crippen molar-refractivity contribution in [2.45, 2.75) is 46.0 Å². The van der Waals surface area contributed by atoms with Crippen LogP contribution in [0.25, 0.3) is 11.1 Å². The van der Waals surface area contributed by atoms with Gasteiger partial charge in [0.25, 0.3) is 0 Å². The van der Waals surface area contributed by atoms with E-state index in [-0.39, 0.29) is 30.2 Å². The van der Waals surface area contributed by atoms with E-state index in [4.69, 9.17) is 0 Å². The largest absolute Gasteiger partial charge is 1.00 e. The maximum Gasteiger partial charge on any atom is 0.139 e. The first-order valence-electron chi connectivity index (χ1n) is 12.0. The minimum Gasteiger partial charge on any atom is -1.00 e. The molecule has 2 aromatic carbocycles. The number of hydrogen-bond donors (Lipinski definition) is 2. The van der Waals surface area contributed by atoms with Crippen LogP contribution >= 0.6 is 0 Å². The highest BCUT2D eigenvalue weighted by atomic mass is 35.5. The first-order chi connectivity index (χ1) is 15.2. The summed E-state index contributed by atoms with van der Waals surface area (Å²) >= 11 is 0. The van der Waals surface area contributed by atoms with E-state index >= 15 is 0 Å². The predicted molar refractivity (Wildman–Crippen MR) is 131 cm³/mol. The van der Waals surface area contributed by atoms with Crippen LogP contribution in [0.15, 0.2) is 48.5 Å². The van der Waals surface area contributed by atoms with Gasteiger partial charge in [0, 0.05) is 18.3 Å². The van der Waals surface area contributed by atoms with E-state index in [1.807, 2.05) is 0 Å². The molecule has 0 aromatic heterocycles. The number of halogens is 2. The lowest BCUT2D eigenvalue weighted by atomic mass is 9.73. The van der Waals surface area contributed by atoms with Gasteiger partial charge in [0.05, 0.1) is 26.2 Å². The zero-order valence-corrected chi connectivity index (χ0v) is 22.0. The molecule has 4 heteroatoms. The van der Waals surface area contributed by atoms with Gasteiger partial charge in [-0.3, -0.25) is 0 Å². The molecular formula is C29H38Cl2N2. The number of benzene rings is 2. The van der Waals surface area contributed by atoms with Gasteiger partial charge in [0.1, 0.15) is 13.1 Å². The molecule has 0 saturated heterocycles. The Morgan fingerprint density at radius 2 is 0.939 bits per heavy atom. The summed E-state index contributed by atoms with van der Waals surface area (Å²) in [6, 6.07) is 17.7. The lowest BCUT2D eigenvalue weighted by Gasteiger charge is -2.28. The highest BCUT2D eigenvalue weighted by molar-refractivity contribution is 5.81. The van der Waals surface area contributed by atoms with Gasteiger partial charge >= 0.3 is 0 Å². The van der Waals surface area contributed by atoms with Crippen molar-refractivity contribution in [2.24, 2.45) is 0 Å². The van der Waals surface area contributed by atoms with Gasteiger partial charge < -0.3 is 34.6 Å². The Morgan fingerprint density at radius 3 is 1.30 bits per heavy atom. The fourth-order valence-electron chi connectivity index (χ4n) is 4.66. The molecule has 2 N–H and O–H groups in total. The highest BCUT2D eigenvalue weighted by Crippen LogP contribution is 2.52. The molecule has 0 unspecified atom stereocenters. The summed E-state index contributed by atoms with van der Waals surface area (Å²) in [6.45, 7) is 15.3. The Kier molecular flexibility index (Phi) is 12.7. The molecule has 0 heterocycles. The maximum atomic E-state index is 3.58. The van der Waals surface area contributed by atoms with Crippen LogP contribution in [0.2, 0.25) is 0 Å². The Bertz CT molecular complexity index is 904. The number of rotatable bonds is 8. The fraction of sp³-hybridized carbons (Fsp3) is 0.448. The van der Waals surface area contributed by atoms with Gasteiger partial charge in [-0.25, -0.2) is 0 Å². The second-order valence-electron chi connectivity index (χ2n) is 8.50. The summed E-state index contributed by atoms with van der Waals surface area (Å²) in [5.41, 5.74) is 5.36. The van der Waals surface area contributed by atoms with Gasteiger partial charge in [-0.2, -0.15) is 0 Å². The molecule has 33 heavy (non-hydrogen) atoms. The normalized spacial score (nSPS) is 12.4. The summed E-state index contributed by atoms with van der Waals surface area (Å²) in [5.74, 6) is 14.1. The van der Waals surface area contributed by atoms with E-state index in [1.165, 1.54) is 32.1 Å². The molecule has 0 amide bonds. The summed E-state index contributed by atoms with van der Waals surface area (Å²) in [5, 5.41) is 0. The van der Waals surface area contributed by atoms with Gasteiger partial charge in [-0.15, -0.1) is 0 Å². The predicted octanol–water partition coefficient (Wildman–Crippen LogP) is -3.40. The van der Waals surface area contributed by atoms with Crippen LogP contribution in [0.1, 0.15) is 51.7 Å². The van der Waals surface area contributed by atoms with Gasteiger partial charge in [0.2, 0.25) is 0 Å². The molecule has 0 bridgehead atoms. The highest BCUT2D eigenvalue weighted by Gasteiger charge is 2.41. The molecule has 0 radical (unpaired) electrons. The first kappa shape index (κ1) is 29.1. The van der Waals surface area contributed by atoms with Crippen LogP contribution in [-0.4, -0.2) is 39.3 Å². The fourth-order valence-corrected chi connectivity index (χ4v) is 4.66. The summed E-state index contributed by atoms with van der Waals surface area (Å²) in [4.78, 5) is 3.08. The van der Waals surface area contributed by atoms with Crippen LogP contribution in [0, 0.1) is 23.7 Å². The minimum absolute atomic E-state index is 0. The zero-order valence-electron chi connectivity index (χ0n) is 20.5. The second kappa shape index (κ2) is 14.3. The van der Waals surface area contributed by atoms with Crippen molar-refractivity contribution < 1.29 is 34.6 Å². The molecule has 0 fully saturated rings. The monoisotopic (exact) mass is 484 g/mol. The summed E-state index contributed by atoms with van der Waals surface area (Å²) in [7, 11) is 0. The maximum absolute atomic E-state index is 3.58. The Labute approximate surface area is 214 Å². The molecular weight excluding hydrogens is 447 g/mol. The van der Waals surface area contributed by atoms with Crippen molar-refractivity contribution in [1.82, 2.24) is 0 Å². The molecule has 178 valence electrons. The molecule has 0 saturated carbocycles. The number of nitrogens with one attached hydrogen (secondary N) is 2. The summed E-state index contributed by atoms with van der Waals surface area (Å²) < 4.78 is 0. The standard InChI is InChI=1S/C29H36N2.2ClH/c1-5-30(6-2)23-15-13-21-29(22-14-16-24-31(7-3)8-4)27-19-11-9-17-25(27)26-18-10-12-20-28(26)29;;/h9-12,17-20H,5-8,21-24H2,1-4H3;2*1H. The van der Waals surface area contributed by atoms with Crippen LogP contribution in [0.3, 0.4) is 0 Å². The third-order valence-electron chi connectivity index (χ3n) is 6.88. The van der Waals surface area contributed by atoms with Crippen molar-refractivity contribution in [3.05, 3.63) is 59.7 Å². The molecule has 1 aliphatic rings. The molecule has 0 aliphatic heterocycles. The van der Waals surface area contributed by atoms with Crippen LogP contribution in [-0.2, 0) is 5.41 Å². The van der Waals surface area contributed by atoms with E-state index in [2.05, 4.69) is 99.9 Å². The van der Waals surface area contributed by atoms with E-state index in [0.29, 0.717) is 0 Å². The number of quaternary nitrogens is 2. The lowest BCUT2D eigenvalue weighted by Crippen LogP contribution is -3.11. The molecule has 1 aliphatic carbocycles. The first-order valence-corrected chi connectivity index (χ1v) is 12.0. The average Bonchev–Trinajstić information content (AvgIpc) is 3.10. The van der Waals surface area contributed by atoms with Crippen LogP contribution in [0.5, 0.6) is 0 Å². The second-order valence-corrected chi connectivity index (χ2v) is 8.50. The average molecular weight is 486 g/mol. The van der Waals surface area contributed by atoms with Gasteiger partial charge in [-0.05, 0) is 61.8 Å². The number of hydrogen-bond acceptors (Lipinski definition) is 0. The van der Waals surface area contributed by atoms with Crippen LogP contribution in [0.4, 0.5) is 0 Å². The van der Waals surface area contributed by atoms with Crippen molar-refractivity contribution in [3.8, 4) is 34.8 Å². The van der Waals surface area contributed by atoms with E-state index < -0.39 is 0 Å². The van der Waals surface area contributed by atoms with E-state index in [9.17, 15) is 0 Å². The van der Waals surface area contributed by atoms with Crippen molar-refractivity contribution in [3.63, 3.8) is 0 Å². The molecule has 0 spiro atoms. The SMILES string of the molecule is CC[NH+](CC)CC#CCC1(CC#CC[NH+](CC)CC)c2ccccc2-c2ccccc21.[Cl-].[Cl-]. The molecule has 2 nitrogen and oxygen atoms in total. The number of fused-ring (bicyclic) bond motifs is 3. The van der Waals surface area contributed by atoms with Crippen molar-refractivity contribution in [1.29, 1.82) is 0 Å². The smallest absolute Gasteiger partial charge is 0.139 e. The minimum atomic E-state index is -0.135. The van der Waals surface area contributed by atoms with Crippen molar-refractivity contribution >= 4 is 0 Å². The molecule has 3 rings (SSSR count). The Hall–Kier alpha value is -1.94. The quantitative estimate of drug-likeness (QED) is 0.361. The zero-order chi connectivity index (χ0) is 22.1. The topological polar surface area (TPSA) is 8.88 Å². The van der Waals surface area contributed by atoms with Crippen molar-refractivity contribution in [2.75, 3.05) is 39.3 Å². The summed E-state index contributed by atoms with van der Waals surface area (Å²) in [6.07, 6.45) is 1.66. The third kappa shape index (κ3) is 6.56. The molecule has 0 atom stereocenters. The molecule has 2 aromatic rings. The van der Waals surface area contributed by atoms with Gasteiger partial charge in [-0.1, -0.05) is 60.4 Å². The van der Waals surface area contributed by atoms with E-state index in [1.54, 1.807) is 0 Å². The Morgan fingerprint density at radius 1 is 0.576 bits per heavy atom. The lowest BCUT2D eigenvalue weighted by molar-refractivity contribution is -0.889.